The molecular formula is C14H23ClN2O3S. The summed E-state index contributed by atoms with van der Waals surface area (Å²) >= 11 is 0. The maximum Gasteiger partial charge on any atom is 0.192 e. The number of nitrogens with zero attached hydrogens (tertiary/aromatic N) is 1. The molecule has 0 bridgehead atoms. The lowest BCUT2D eigenvalue weighted by molar-refractivity contribution is 0.199. The first-order chi connectivity index (χ1) is 9.36. The largest absolute Gasteiger partial charge is 0.491 e. The van der Waals surface area contributed by atoms with Gasteiger partial charge in [0.1, 0.15) is 5.75 Å². The standard InChI is InChI=1S/C14H22N2O3S.ClH/c1-10-13(7-8-14(16-10)20(2,17)18)19-9-11-3-5-12(15)6-4-11;/h7-8,11-12H,3-6,9,15H2,1-2H3;1H/t11-,12-;. The van der Waals surface area contributed by atoms with Crippen molar-refractivity contribution in [2.24, 2.45) is 11.7 Å². The third-order valence-corrected chi connectivity index (χ3v) is 4.74. The Morgan fingerprint density at radius 2 is 1.90 bits per heavy atom. The second-order valence-electron chi connectivity index (χ2n) is 5.60. The maximum absolute atomic E-state index is 11.4. The molecule has 21 heavy (non-hydrogen) atoms. The molecule has 1 saturated carbocycles. The Morgan fingerprint density at radius 3 is 2.43 bits per heavy atom. The van der Waals surface area contributed by atoms with E-state index in [1.807, 2.05) is 0 Å². The summed E-state index contributed by atoms with van der Waals surface area (Å²) < 4.78 is 28.6. The highest BCUT2D eigenvalue weighted by molar-refractivity contribution is 7.90. The van der Waals surface area contributed by atoms with Crippen LogP contribution in [0.1, 0.15) is 31.4 Å². The van der Waals surface area contributed by atoms with Crippen molar-refractivity contribution in [1.82, 2.24) is 4.98 Å². The van der Waals surface area contributed by atoms with Crippen molar-refractivity contribution in [3.05, 3.63) is 17.8 Å². The van der Waals surface area contributed by atoms with Crippen LogP contribution in [0.2, 0.25) is 0 Å². The Labute approximate surface area is 132 Å². The zero-order chi connectivity index (χ0) is 14.8. The molecule has 1 aliphatic carbocycles. The summed E-state index contributed by atoms with van der Waals surface area (Å²) in [5, 5.41) is 0.0889. The van der Waals surface area contributed by atoms with Crippen molar-refractivity contribution in [3.63, 3.8) is 0 Å². The molecule has 0 unspecified atom stereocenters. The molecule has 1 fully saturated rings. The number of ether oxygens (including phenoxy) is 1. The summed E-state index contributed by atoms with van der Waals surface area (Å²) in [7, 11) is -3.26. The predicted octanol–water partition coefficient (Wildman–Crippen LogP) is 2.11. The van der Waals surface area contributed by atoms with Crippen LogP contribution in [0.15, 0.2) is 17.2 Å². The molecule has 0 aromatic carbocycles. The van der Waals surface area contributed by atoms with Crippen molar-refractivity contribution < 1.29 is 13.2 Å². The lowest BCUT2D eigenvalue weighted by Gasteiger charge is -2.26. The first-order valence-electron chi connectivity index (χ1n) is 6.92. The first-order valence-corrected chi connectivity index (χ1v) is 8.81. The highest BCUT2D eigenvalue weighted by atomic mass is 35.5. The topological polar surface area (TPSA) is 82.3 Å². The van der Waals surface area contributed by atoms with E-state index in [9.17, 15) is 8.42 Å². The molecule has 1 aliphatic rings. The lowest BCUT2D eigenvalue weighted by atomic mass is 9.87. The van der Waals surface area contributed by atoms with Gasteiger partial charge in [0.05, 0.1) is 12.3 Å². The number of pyridine rings is 1. The van der Waals surface area contributed by atoms with E-state index in [0.29, 0.717) is 30.0 Å². The molecule has 7 heteroatoms. The fourth-order valence-corrected chi connectivity index (χ4v) is 3.06. The minimum absolute atomic E-state index is 0. The number of aromatic nitrogens is 1. The van der Waals surface area contributed by atoms with Crippen LogP contribution in [0.3, 0.4) is 0 Å². The number of nitrogens with two attached hydrogens (primary N) is 1. The molecule has 0 atom stereocenters. The molecule has 0 aliphatic heterocycles. The number of hydrogen-bond acceptors (Lipinski definition) is 5. The van der Waals surface area contributed by atoms with Gasteiger partial charge in [0.15, 0.2) is 14.9 Å². The Morgan fingerprint density at radius 1 is 1.29 bits per heavy atom. The van der Waals surface area contributed by atoms with Crippen LogP contribution in [-0.4, -0.2) is 32.3 Å². The molecule has 2 rings (SSSR count). The van der Waals surface area contributed by atoms with Gasteiger partial charge in [-0.15, -0.1) is 12.4 Å². The van der Waals surface area contributed by atoms with E-state index in [1.54, 1.807) is 13.0 Å². The smallest absolute Gasteiger partial charge is 0.192 e. The third-order valence-electron chi connectivity index (χ3n) is 3.76. The van der Waals surface area contributed by atoms with Crippen LogP contribution in [0.25, 0.3) is 0 Å². The van der Waals surface area contributed by atoms with E-state index in [-0.39, 0.29) is 17.4 Å². The Bertz CT molecular complexity index is 570. The highest BCUT2D eigenvalue weighted by Crippen LogP contribution is 2.25. The van der Waals surface area contributed by atoms with Crippen LogP contribution in [0, 0.1) is 12.8 Å². The zero-order valence-electron chi connectivity index (χ0n) is 12.4. The van der Waals surface area contributed by atoms with Crippen molar-refractivity contribution in [2.45, 2.75) is 43.7 Å². The van der Waals surface area contributed by atoms with Crippen LogP contribution < -0.4 is 10.5 Å². The zero-order valence-corrected chi connectivity index (χ0v) is 14.0. The predicted molar refractivity (Wildman–Crippen MR) is 84.8 cm³/mol. The van der Waals surface area contributed by atoms with E-state index in [2.05, 4.69) is 4.98 Å². The number of sulfone groups is 1. The number of aryl methyl sites for hydroxylation is 1. The fraction of sp³-hybridized carbons (Fsp3) is 0.643. The van der Waals surface area contributed by atoms with Gasteiger partial charge in [0.25, 0.3) is 0 Å². The van der Waals surface area contributed by atoms with Gasteiger partial charge in [-0.3, -0.25) is 0 Å². The normalized spacial score (nSPS) is 22.4. The number of hydrogen-bond donors (Lipinski definition) is 1. The summed E-state index contributed by atoms with van der Waals surface area (Å²) in [5.41, 5.74) is 6.49. The molecular weight excluding hydrogens is 312 g/mol. The molecule has 0 saturated heterocycles. The summed E-state index contributed by atoms with van der Waals surface area (Å²) in [6.45, 7) is 2.41. The summed E-state index contributed by atoms with van der Waals surface area (Å²) in [4.78, 5) is 4.09. The molecule has 5 nitrogen and oxygen atoms in total. The van der Waals surface area contributed by atoms with Crippen LogP contribution >= 0.6 is 12.4 Å². The second-order valence-corrected chi connectivity index (χ2v) is 7.56. The van der Waals surface area contributed by atoms with Gasteiger partial charge < -0.3 is 10.5 Å². The van der Waals surface area contributed by atoms with Gasteiger partial charge >= 0.3 is 0 Å². The number of halogens is 1. The summed E-state index contributed by atoms with van der Waals surface area (Å²) in [6.07, 6.45) is 5.45. The molecule has 1 heterocycles. The van der Waals surface area contributed by atoms with Crippen LogP contribution in [-0.2, 0) is 9.84 Å². The van der Waals surface area contributed by atoms with Crippen molar-refractivity contribution >= 4 is 22.2 Å². The minimum Gasteiger partial charge on any atom is -0.491 e. The van der Waals surface area contributed by atoms with Crippen LogP contribution in [0.4, 0.5) is 0 Å². The molecule has 120 valence electrons. The molecule has 2 N–H and O–H groups in total. The van der Waals surface area contributed by atoms with Crippen molar-refractivity contribution in [3.8, 4) is 5.75 Å². The Kier molecular flexibility index (Phi) is 6.43. The van der Waals surface area contributed by atoms with E-state index < -0.39 is 9.84 Å². The van der Waals surface area contributed by atoms with Gasteiger partial charge in [-0.05, 0) is 50.7 Å². The molecule has 1 aromatic heterocycles. The monoisotopic (exact) mass is 334 g/mol. The van der Waals surface area contributed by atoms with Gasteiger partial charge in [0.2, 0.25) is 0 Å². The summed E-state index contributed by atoms with van der Waals surface area (Å²) in [5.74, 6) is 1.19. The highest BCUT2D eigenvalue weighted by Gasteiger charge is 2.19. The average Bonchev–Trinajstić information content (AvgIpc) is 2.38. The van der Waals surface area contributed by atoms with Gasteiger partial charge in [-0.2, -0.15) is 0 Å². The van der Waals surface area contributed by atoms with E-state index in [0.717, 1.165) is 31.9 Å². The minimum atomic E-state index is -3.26. The van der Waals surface area contributed by atoms with Crippen LogP contribution in [0.5, 0.6) is 5.75 Å². The van der Waals surface area contributed by atoms with Crippen molar-refractivity contribution in [2.75, 3.05) is 12.9 Å². The lowest BCUT2D eigenvalue weighted by Crippen LogP contribution is -2.28. The quantitative estimate of drug-likeness (QED) is 0.911. The van der Waals surface area contributed by atoms with Gasteiger partial charge in [-0.1, -0.05) is 0 Å². The SMILES string of the molecule is Cc1nc(S(C)(=O)=O)ccc1OC[C@H]1CC[C@H](N)CC1.Cl. The van der Waals surface area contributed by atoms with E-state index in [1.165, 1.54) is 6.07 Å². The van der Waals surface area contributed by atoms with E-state index >= 15 is 0 Å². The Balaban J connectivity index is 0.00000220. The van der Waals surface area contributed by atoms with Gasteiger partial charge in [-0.25, -0.2) is 13.4 Å². The Hall–Kier alpha value is -0.850. The van der Waals surface area contributed by atoms with Crippen molar-refractivity contribution in [1.29, 1.82) is 0 Å². The fourth-order valence-electron chi connectivity index (χ4n) is 2.45. The maximum atomic E-state index is 11.4. The molecule has 0 spiro atoms. The average molecular weight is 335 g/mol. The second kappa shape index (κ2) is 7.42. The third kappa shape index (κ3) is 5.13. The first kappa shape index (κ1) is 18.2. The van der Waals surface area contributed by atoms with E-state index in [4.69, 9.17) is 10.5 Å². The molecule has 1 aromatic rings. The molecule has 0 amide bonds. The summed E-state index contributed by atoms with van der Waals surface area (Å²) in [6, 6.07) is 3.52. The number of rotatable bonds is 4. The molecule has 0 radical (unpaired) electrons. The van der Waals surface area contributed by atoms with Gasteiger partial charge in [0, 0.05) is 12.3 Å².